The molecule has 0 atom stereocenters. The third-order valence-corrected chi connectivity index (χ3v) is 4.73. The molecule has 0 bridgehead atoms. The first-order valence-electron chi connectivity index (χ1n) is 9.33. The normalized spacial score (nSPS) is 14.0. The van der Waals surface area contributed by atoms with Crippen LogP contribution in [0.15, 0.2) is 28.8 Å². The number of benzene rings is 1. The lowest BCUT2D eigenvalue weighted by Gasteiger charge is -2.28. The number of carbonyl (C=O) groups is 1. The third-order valence-electron chi connectivity index (χ3n) is 4.73. The number of nitrogens with zero attached hydrogens (tertiary/aromatic N) is 7. The number of hydrogen-bond acceptors (Lipinski definition) is 8. The van der Waals surface area contributed by atoms with E-state index in [9.17, 15) is 4.79 Å². The second kappa shape index (κ2) is 8.26. The molecule has 146 valence electrons. The molecule has 0 unspecified atom stereocenters. The minimum atomic E-state index is -0.208. The van der Waals surface area contributed by atoms with Crippen LogP contribution in [0.3, 0.4) is 0 Å². The van der Waals surface area contributed by atoms with E-state index in [0.717, 1.165) is 19.5 Å². The minimum Gasteiger partial charge on any atom is -0.347 e. The van der Waals surface area contributed by atoms with Gasteiger partial charge >= 0.3 is 0 Å². The Labute approximate surface area is 161 Å². The Kier molecular flexibility index (Phi) is 5.38. The molecule has 0 fully saturated rings. The first-order chi connectivity index (χ1) is 13.7. The van der Waals surface area contributed by atoms with E-state index in [1.54, 1.807) is 0 Å². The number of fused-ring (bicyclic) bond motifs is 1. The molecule has 3 heterocycles. The van der Waals surface area contributed by atoms with E-state index in [1.165, 1.54) is 15.8 Å². The summed E-state index contributed by atoms with van der Waals surface area (Å²) in [6.07, 6.45) is 1.67. The number of aryl methyl sites for hydroxylation is 1. The van der Waals surface area contributed by atoms with Crippen LogP contribution in [-0.4, -0.2) is 47.7 Å². The Hall–Kier alpha value is -3.14. The standard InChI is InChI=1S/C18H22N8O2/c1-2-18-20-15(22-28-18)9-19-17(27)12-26-16(21-23-24-26)11-25-8-7-13-5-3-4-6-14(13)10-25/h3-6H,2,7-12H2,1H3,(H,19,27). The fraction of sp³-hybridized carbons (Fsp3) is 0.444. The van der Waals surface area contributed by atoms with Crippen molar-refractivity contribution in [2.75, 3.05) is 6.54 Å². The molecular formula is C18H22N8O2. The fourth-order valence-electron chi connectivity index (χ4n) is 3.22. The zero-order chi connectivity index (χ0) is 19.3. The van der Waals surface area contributed by atoms with Crippen molar-refractivity contribution in [2.45, 2.75) is 45.9 Å². The van der Waals surface area contributed by atoms with Crippen LogP contribution < -0.4 is 5.32 Å². The predicted octanol–water partition coefficient (Wildman–Crippen LogP) is 0.493. The molecule has 10 nitrogen and oxygen atoms in total. The molecule has 0 spiro atoms. The van der Waals surface area contributed by atoms with Gasteiger partial charge in [-0.3, -0.25) is 9.69 Å². The number of hydrogen-bond donors (Lipinski definition) is 1. The van der Waals surface area contributed by atoms with Crippen LogP contribution in [0.4, 0.5) is 0 Å². The topological polar surface area (TPSA) is 115 Å². The van der Waals surface area contributed by atoms with Gasteiger partial charge in [0.2, 0.25) is 11.8 Å². The van der Waals surface area contributed by atoms with E-state index < -0.39 is 0 Å². The molecule has 0 saturated carbocycles. The molecule has 2 aromatic heterocycles. The maximum Gasteiger partial charge on any atom is 0.242 e. The van der Waals surface area contributed by atoms with Crippen molar-refractivity contribution in [1.82, 2.24) is 40.6 Å². The largest absolute Gasteiger partial charge is 0.347 e. The van der Waals surface area contributed by atoms with Gasteiger partial charge in [-0.1, -0.05) is 36.3 Å². The number of amides is 1. The summed E-state index contributed by atoms with van der Waals surface area (Å²) >= 11 is 0. The lowest BCUT2D eigenvalue weighted by atomic mass is 10.00. The average Bonchev–Trinajstić information content (AvgIpc) is 3.36. The monoisotopic (exact) mass is 382 g/mol. The van der Waals surface area contributed by atoms with Crippen LogP contribution in [0.2, 0.25) is 0 Å². The molecule has 28 heavy (non-hydrogen) atoms. The molecular weight excluding hydrogens is 360 g/mol. The molecule has 1 amide bonds. The summed E-state index contributed by atoms with van der Waals surface area (Å²) < 4.78 is 6.56. The summed E-state index contributed by atoms with van der Waals surface area (Å²) in [5.41, 5.74) is 2.72. The average molecular weight is 382 g/mol. The Balaban J connectivity index is 1.32. The summed E-state index contributed by atoms with van der Waals surface area (Å²) in [6, 6.07) is 8.46. The van der Waals surface area contributed by atoms with Gasteiger partial charge in [-0.05, 0) is 28.0 Å². The van der Waals surface area contributed by atoms with E-state index in [1.807, 2.05) is 6.92 Å². The number of tetrazole rings is 1. The highest BCUT2D eigenvalue weighted by Gasteiger charge is 2.19. The van der Waals surface area contributed by atoms with Crippen LogP contribution in [0, 0.1) is 0 Å². The van der Waals surface area contributed by atoms with Crippen LogP contribution in [-0.2, 0) is 43.8 Å². The maximum absolute atomic E-state index is 12.2. The van der Waals surface area contributed by atoms with E-state index in [2.05, 4.69) is 60.1 Å². The van der Waals surface area contributed by atoms with Crippen molar-refractivity contribution in [3.63, 3.8) is 0 Å². The zero-order valence-corrected chi connectivity index (χ0v) is 15.7. The van der Waals surface area contributed by atoms with Gasteiger partial charge in [0.05, 0.1) is 13.1 Å². The fourth-order valence-corrected chi connectivity index (χ4v) is 3.22. The van der Waals surface area contributed by atoms with Crippen molar-refractivity contribution in [3.05, 3.63) is 52.9 Å². The molecule has 0 saturated heterocycles. The van der Waals surface area contributed by atoms with Gasteiger partial charge in [-0.25, -0.2) is 4.68 Å². The summed E-state index contributed by atoms with van der Waals surface area (Å²) in [5.74, 6) is 1.46. The quantitative estimate of drug-likeness (QED) is 0.628. The van der Waals surface area contributed by atoms with Crippen molar-refractivity contribution < 1.29 is 9.32 Å². The third kappa shape index (κ3) is 4.22. The molecule has 1 aliphatic heterocycles. The molecule has 1 N–H and O–H groups in total. The van der Waals surface area contributed by atoms with Gasteiger partial charge in [-0.15, -0.1) is 5.10 Å². The Morgan fingerprint density at radius 2 is 2.14 bits per heavy atom. The Bertz CT molecular complexity index is 950. The van der Waals surface area contributed by atoms with Gasteiger partial charge in [-0.2, -0.15) is 4.98 Å². The highest BCUT2D eigenvalue weighted by Crippen LogP contribution is 2.19. The molecule has 10 heteroatoms. The van der Waals surface area contributed by atoms with Gasteiger partial charge in [0.15, 0.2) is 11.6 Å². The van der Waals surface area contributed by atoms with Crippen LogP contribution in [0.1, 0.15) is 35.6 Å². The van der Waals surface area contributed by atoms with Crippen molar-refractivity contribution in [1.29, 1.82) is 0 Å². The number of carbonyl (C=O) groups excluding carboxylic acids is 1. The van der Waals surface area contributed by atoms with Gasteiger partial charge < -0.3 is 9.84 Å². The van der Waals surface area contributed by atoms with Crippen molar-refractivity contribution >= 4 is 5.91 Å². The molecule has 1 aliphatic rings. The maximum atomic E-state index is 12.2. The second-order valence-corrected chi connectivity index (χ2v) is 6.72. The summed E-state index contributed by atoms with van der Waals surface area (Å²) in [4.78, 5) is 18.7. The predicted molar refractivity (Wildman–Crippen MR) is 97.6 cm³/mol. The molecule has 3 aromatic rings. The Morgan fingerprint density at radius 3 is 2.96 bits per heavy atom. The van der Waals surface area contributed by atoms with Crippen molar-refractivity contribution in [2.24, 2.45) is 0 Å². The molecule has 0 radical (unpaired) electrons. The molecule has 4 rings (SSSR count). The van der Waals surface area contributed by atoms with Gasteiger partial charge in [0.1, 0.15) is 6.54 Å². The van der Waals surface area contributed by atoms with Crippen molar-refractivity contribution in [3.8, 4) is 0 Å². The Morgan fingerprint density at radius 1 is 1.29 bits per heavy atom. The second-order valence-electron chi connectivity index (χ2n) is 6.72. The number of nitrogens with one attached hydrogen (secondary N) is 1. The highest BCUT2D eigenvalue weighted by molar-refractivity contribution is 5.75. The van der Waals surface area contributed by atoms with E-state index >= 15 is 0 Å². The van der Waals surface area contributed by atoms with Gasteiger partial charge in [0.25, 0.3) is 0 Å². The SMILES string of the molecule is CCc1nc(CNC(=O)Cn2nnnc2CN2CCc3ccccc3C2)no1. The number of aromatic nitrogens is 6. The number of rotatable bonds is 7. The molecule has 0 aliphatic carbocycles. The lowest BCUT2D eigenvalue weighted by molar-refractivity contribution is -0.122. The molecule has 1 aromatic carbocycles. The van der Waals surface area contributed by atoms with E-state index in [0.29, 0.717) is 30.5 Å². The summed E-state index contributed by atoms with van der Waals surface area (Å²) in [6.45, 7) is 4.57. The minimum absolute atomic E-state index is 0.0469. The highest BCUT2D eigenvalue weighted by atomic mass is 16.5. The smallest absolute Gasteiger partial charge is 0.242 e. The van der Waals surface area contributed by atoms with Crippen LogP contribution in [0.25, 0.3) is 0 Å². The van der Waals surface area contributed by atoms with E-state index in [-0.39, 0.29) is 19.0 Å². The van der Waals surface area contributed by atoms with Crippen LogP contribution in [0.5, 0.6) is 0 Å². The van der Waals surface area contributed by atoms with Gasteiger partial charge in [0, 0.05) is 19.5 Å². The summed E-state index contributed by atoms with van der Waals surface area (Å²) in [7, 11) is 0. The first-order valence-corrected chi connectivity index (χ1v) is 9.33. The zero-order valence-electron chi connectivity index (χ0n) is 15.7. The van der Waals surface area contributed by atoms with Crippen LogP contribution >= 0.6 is 0 Å². The van der Waals surface area contributed by atoms with E-state index in [4.69, 9.17) is 4.52 Å². The summed E-state index contributed by atoms with van der Waals surface area (Å²) in [5, 5.41) is 18.4. The lowest BCUT2D eigenvalue weighted by Crippen LogP contribution is -2.33. The first kappa shape index (κ1) is 18.2.